The highest BCUT2D eigenvalue weighted by Crippen LogP contribution is 2.43. The Morgan fingerprint density at radius 3 is 2.69 bits per heavy atom. The van der Waals surface area contributed by atoms with Crippen molar-refractivity contribution >= 4 is 62.3 Å². The molecule has 0 aliphatic carbocycles. The van der Waals surface area contributed by atoms with Gasteiger partial charge in [-0.1, -0.05) is 57.3 Å². The maximum absolute atomic E-state index is 13.7. The molecule has 1 saturated heterocycles. The molecule has 4 N–H and O–H groups in total. The average molecular weight is 588 g/mol. The molecular formula is C27H25BrCl2N4O2. The molecule has 2 amide bonds. The predicted molar refractivity (Wildman–Crippen MR) is 148 cm³/mol. The Balaban J connectivity index is 1.56. The van der Waals surface area contributed by atoms with Gasteiger partial charge in [0.15, 0.2) is 0 Å². The fourth-order valence-electron chi connectivity index (χ4n) is 4.93. The van der Waals surface area contributed by atoms with Crippen LogP contribution in [0.1, 0.15) is 34.3 Å². The van der Waals surface area contributed by atoms with Crippen LogP contribution < -0.4 is 21.3 Å². The number of nitrogens with one attached hydrogen (secondary N) is 4. The second-order valence-corrected chi connectivity index (χ2v) is 11.0. The SMILES string of the molecule is O=C(N[C@H]1CCCNC1)c1ccc(Br)cc1NC1(Cc2cccc(Cl)c2)C(=O)Nc2cc(Cl)ccc21. The van der Waals surface area contributed by atoms with Gasteiger partial charge < -0.3 is 21.3 Å². The Morgan fingerprint density at radius 2 is 1.92 bits per heavy atom. The molecule has 0 saturated carbocycles. The number of carbonyl (C=O) groups is 2. The lowest BCUT2D eigenvalue weighted by molar-refractivity contribution is -0.119. The molecule has 36 heavy (non-hydrogen) atoms. The first-order valence-electron chi connectivity index (χ1n) is 11.8. The number of benzene rings is 3. The van der Waals surface area contributed by atoms with Gasteiger partial charge in [0.25, 0.3) is 11.8 Å². The van der Waals surface area contributed by atoms with Gasteiger partial charge in [0.2, 0.25) is 0 Å². The molecule has 6 nitrogen and oxygen atoms in total. The largest absolute Gasteiger partial charge is 0.367 e. The van der Waals surface area contributed by atoms with Crippen LogP contribution in [0.5, 0.6) is 0 Å². The van der Waals surface area contributed by atoms with Crippen LogP contribution in [0.3, 0.4) is 0 Å². The normalized spacial score (nSPS) is 21.0. The van der Waals surface area contributed by atoms with Crippen molar-refractivity contribution in [1.29, 1.82) is 0 Å². The Kier molecular flexibility index (Phi) is 7.26. The summed E-state index contributed by atoms with van der Waals surface area (Å²) in [4.78, 5) is 27.0. The summed E-state index contributed by atoms with van der Waals surface area (Å²) in [5.74, 6) is -0.422. The van der Waals surface area contributed by atoms with Crippen LogP contribution in [-0.2, 0) is 16.8 Å². The van der Waals surface area contributed by atoms with Crippen molar-refractivity contribution in [2.45, 2.75) is 30.8 Å². The summed E-state index contributed by atoms with van der Waals surface area (Å²) >= 11 is 16.0. The van der Waals surface area contributed by atoms with E-state index in [-0.39, 0.29) is 17.9 Å². The number of amides is 2. The van der Waals surface area contributed by atoms with E-state index < -0.39 is 5.54 Å². The van der Waals surface area contributed by atoms with Crippen molar-refractivity contribution < 1.29 is 9.59 Å². The number of hydrogen-bond acceptors (Lipinski definition) is 4. The number of piperidine rings is 1. The Hall–Kier alpha value is -2.58. The van der Waals surface area contributed by atoms with Crippen LogP contribution in [0, 0.1) is 0 Å². The van der Waals surface area contributed by atoms with Crippen molar-refractivity contribution in [1.82, 2.24) is 10.6 Å². The Bertz CT molecular complexity index is 1330. The molecule has 5 rings (SSSR count). The molecule has 2 atom stereocenters. The van der Waals surface area contributed by atoms with Crippen LogP contribution in [0.2, 0.25) is 10.0 Å². The number of rotatable bonds is 6. The molecule has 186 valence electrons. The Labute approximate surface area is 228 Å². The molecule has 0 spiro atoms. The number of halogens is 3. The fraction of sp³-hybridized carbons (Fsp3) is 0.259. The maximum Gasteiger partial charge on any atom is 0.255 e. The third kappa shape index (κ3) is 5.11. The van der Waals surface area contributed by atoms with E-state index in [1.165, 1.54) is 0 Å². The van der Waals surface area contributed by atoms with Gasteiger partial charge in [0, 0.05) is 50.5 Å². The first-order valence-corrected chi connectivity index (χ1v) is 13.3. The highest BCUT2D eigenvalue weighted by molar-refractivity contribution is 9.10. The third-order valence-electron chi connectivity index (χ3n) is 6.64. The zero-order valence-corrected chi connectivity index (χ0v) is 22.4. The van der Waals surface area contributed by atoms with Gasteiger partial charge in [0.1, 0.15) is 5.54 Å². The van der Waals surface area contributed by atoms with Gasteiger partial charge in [-0.2, -0.15) is 0 Å². The van der Waals surface area contributed by atoms with E-state index >= 15 is 0 Å². The minimum absolute atomic E-state index is 0.0563. The fourth-order valence-corrected chi connectivity index (χ4v) is 5.67. The molecule has 1 unspecified atom stereocenters. The summed E-state index contributed by atoms with van der Waals surface area (Å²) in [5.41, 5.74) is 2.08. The van der Waals surface area contributed by atoms with Crippen LogP contribution in [0.15, 0.2) is 65.1 Å². The molecule has 0 bridgehead atoms. The highest BCUT2D eigenvalue weighted by Gasteiger charge is 2.47. The summed E-state index contributed by atoms with van der Waals surface area (Å²) in [6.07, 6.45) is 2.25. The lowest BCUT2D eigenvalue weighted by Crippen LogP contribution is -2.47. The molecule has 2 aliphatic heterocycles. The van der Waals surface area contributed by atoms with Crippen molar-refractivity contribution in [3.05, 3.63) is 91.9 Å². The van der Waals surface area contributed by atoms with Crippen LogP contribution in [0.25, 0.3) is 0 Å². The summed E-state index contributed by atoms with van der Waals surface area (Å²) in [6, 6.07) is 18.3. The van der Waals surface area contributed by atoms with Crippen LogP contribution >= 0.6 is 39.1 Å². The number of fused-ring (bicyclic) bond motifs is 1. The number of carbonyl (C=O) groups excluding carboxylic acids is 2. The second kappa shape index (κ2) is 10.4. The first kappa shape index (κ1) is 25.1. The smallest absolute Gasteiger partial charge is 0.255 e. The van der Waals surface area contributed by atoms with Crippen LogP contribution in [0.4, 0.5) is 11.4 Å². The molecule has 0 radical (unpaired) electrons. The van der Waals surface area contributed by atoms with Gasteiger partial charge in [-0.3, -0.25) is 9.59 Å². The lowest BCUT2D eigenvalue weighted by atomic mass is 9.84. The van der Waals surface area contributed by atoms with Gasteiger partial charge in [0.05, 0.1) is 5.56 Å². The van der Waals surface area contributed by atoms with Crippen molar-refractivity contribution in [2.24, 2.45) is 0 Å². The van der Waals surface area contributed by atoms with E-state index in [1.807, 2.05) is 36.4 Å². The van der Waals surface area contributed by atoms with E-state index in [0.29, 0.717) is 33.4 Å². The van der Waals surface area contributed by atoms with Gasteiger partial charge >= 0.3 is 0 Å². The first-order chi connectivity index (χ1) is 17.3. The minimum atomic E-state index is -1.19. The molecular weight excluding hydrogens is 563 g/mol. The van der Waals surface area contributed by atoms with Gasteiger partial charge in [-0.05, 0) is 67.4 Å². The Morgan fingerprint density at radius 1 is 1.08 bits per heavy atom. The van der Waals surface area contributed by atoms with Crippen molar-refractivity contribution in [2.75, 3.05) is 23.7 Å². The van der Waals surface area contributed by atoms with Crippen molar-refractivity contribution in [3.63, 3.8) is 0 Å². The molecule has 2 heterocycles. The maximum atomic E-state index is 13.7. The third-order valence-corrected chi connectivity index (χ3v) is 7.61. The van der Waals surface area contributed by atoms with Crippen molar-refractivity contribution in [3.8, 4) is 0 Å². The van der Waals surface area contributed by atoms with Gasteiger partial charge in [-0.25, -0.2) is 0 Å². The summed E-state index contributed by atoms with van der Waals surface area (Å²) < 4.78 is 0.786. The predicted octanol–water partition coefficient (Wildman–Crippen LogP) is 5.74. The van der Waals surface area contributed by atoms with E-state index in [0.717, 1.165) is 41.5 Å². The van der Waals surface area contributed by atoms with E-state index in [2.05, 4.69) is 37.2 Å². The zero-order valence-electron chi connectivity index (χ0n) is 19.3. The highest BCUT2D eigenvalue weighted by atomic mass is 79.9. The number of anilines is 2. The van der Waals surface area contributed by atoms with E-state index in [9.17, 15) is 9.59 Å². The quantitative estimate of drug-likeness (QED) is 0.296. The summed E-state index contributed by atoms with van der Waals surface area (Å²) in [5, 5.41) is 14.0. The molecule has 1 fully saturated rings. The summed E-state index contributed by atoms with van der Waals surface area (Å²) in [6.45, 7) is 1.70. The minimum Gasteiger partial charge on any atom is -0.367 e. The zero-order chi connectivity index (χ0) is 25.3. The average Bonchev–Trinajstić information content (AvgIpc) is 3.09. The van der Waals surface area contributed by atoms with Crippen LogP contribution in [-0.4, -0.2) is 30.9 Å². The summed E-state index contributed by atoms with van der Waals surface area (Å²) in [7, 11) is 0. The number of hydrogen-bond donors (Lipinski definition) is 4. The standard InChI is InChI=1S/C27H25BrCl2N4O2/c28-17-6-8-21(25(35)32-20-5-2-10-31-15-20)23(12-17)34-27(14-16-3-1-4-18(29)11-16)22-9-7-19(30)13-24(22)33-26(27)36/h1,3-4,6-9,11-13,20,31,34H,2,5,10,14-15H2,(H,32,35)(H,33,36)/t20-,27?/m0/s1. The monoisotopic (exact) mass is 586 g/mol. The second-order valence-electron chi connectivity index (χ2n) is 9.19. The topological polar surface area (TPSA) is 82.3 Å². The molecule has 2 aliphatic rings. The lowest BCUT2D eigenvalue weighted by Gasteiger charge is -2.32. The molecule has 0 aromatic heterocycles. The molecule has 9 heteroatoms. The van der Waals surface area contributed by atoms with E-state index in [4.69, 9.17) is 23.2 Å². The molecule has 3 aromatic carbocycles. The van der Waals surface area contributed by atoms with Gasteiger partial charge in [-0.15, -0.1) is 0 Å². The van der Waals surface area contributed by atoms with E-state index in [1.54, 1.807) is 24.3 Å². The molecule has 3 aromatic rings.